The Bertz CT molecular complexity index is 1060. The molecule has 26 heavy (non-hydrogen) atoms. The molecule has 0 spiro atoms. The van der Waals surface area contributed by atoms with Gasteiger partial charge in [0.25, 0.3) is 0 Å². The molecule has 1 heterocycles. The monoisotopic (exact) mass is 424 g/mol. The highest BCUT2D eigenvalue weighted by molar-refractivity contribution is 8.93. The molecule has 0 radical (unpaired) electrons. The minimum absolute atomic E-state index is 0. The summed E-state index contributed by atoms with van der Waals surface area (Å²) in [6, 6.07) is 25.4. The zero-order valence-electron chi connectivity index (χ0n) is 14.6. The third-order valence-corrected chi connectivity index (χ3v) is 5.13. The van der Waals surface area contributed by atoms with Crippen LogP contribution >= 0.6 is 28.3 Å². The summed E-state index contributed by atoms with van der Waals surface area (Å²) in [5.74, 6) is 0. The van der Waals surface area contributed by atoms with Gasteiger partial charge in [-0.3, -0.25) is 0 Å². The number of halogens is 1. The van der Waals surface area contributed by atoms with Crippen LogP contribution in [0.4, 0.5) is 5.69 Å². The maximum absolute atomic E-state index is 4.85. The quantitative estimate of drug-likeness (QED) is 0.351. The molecular weight excluding hydrogens is 404 g/mol. The zero-order valence-corrected chi connectivity index (χ0v) is 17.2. The van der Waals surface area contributed by atoms with E-state index in [1.165, 1.54) is 22.0 Å². The number of benzene rings is 3. The third-order valence-electron chi connectivity index (χ3n) is 4.27. The molecular formula is C22H21BrN2S. The number of hydrogen-bond acceptors (Lipinski definition) is 2. The minimum atomic E-state index is 0. The van der Waals surface area contributed by atoms with Gasteiger partial charge < -0.3 is 4.57 Å². The summed E-state index contributed by atoms with van der Waals surface area (Å²) in [5.41, 5.74) is 3.49. The zero-order chi connectivity index (χ0) is 17.1. The highest BCUT2D eigenvalue weighted by Gasteiger charge is 2.08. The van der Waals surface area contributed by atoms with Gasteiger partial charge in [0.1, 0.15) is 0 Å². The van der Waals surface area contributed by atoms with Crippen molar-refractivity contribution in [2.24, 2.45) is 4.99 Å². The summed E-state index contributed by atoms with van der Waals surface area (Å²) in [4.78, 5) is 5.90. The first-order valence-corrected chi connectivity index (χ1v) is 9.50. The number of nitrogens with zero attached hydrogens (tertiary/aromatic N) is 2. The van der Waals surface area contributed by atoms with Crippen LogP contribution in [-0.4, -0.2) is 4.57 Å². The van der Waals surface area contributed by atoms with Crippen molar-refractivity contribution in [2.75, 3.05) is 0 Å². The van der Waals surface area contributed by atoms with Crippen molar-refractivity contribution < 1.29 is 0 Å². The van der Waals surface area contributed by atoms with E-state index in [2.05, 4.69) is 59.3 Å². The lowest BCUT2D eigenvalue weighted by Gasteiger charge is -2.09. The van der Waals surface area contributed by atoms with E-state index in [1.807, 2.05) is 30.3 Å². The van der Waals surface area contributed by atoms with Gasteiger partial charge in [-0.15, -0.1) is 28.3 Å². The largest absolute Gasteiger partial charge is 0.316 e. The lowest BCUT2D eigenvalue weighted by molar-refractivity contribution is 0.668. The molecule has 0 aliphatic rings. The van der Waals surface area contributed by atoms with Crippen molar-refractivity contribution in [3.8, 4) is 11.3 Å². The molecule has 3 aromatic carbocycles. The highest BCUT2D eigenvalue weighted by atomic mass is 79.9. The summed E-state index contributed by atoms with van der Waals surface area (Å²) < 4.78 is 2.34. The second-order valence-corrected chi connectivity index (χ2v) is 6.90. The fourth-order valence-corrected chi connectivity index (χ4v) is 4.01. The Hall–Kier alpha value is -2.17. The van der Waals surface area contributed by atoms with Crippen LogP contribution in [0, 0.1) is 0 Å². The van der Waals surface area contributed by atoms with E-state index in [9.17, 15) is 0 Å². The van der Waals surface area contributed by atoms with E-state index in [1.54, 1.807) is 11.3 Å². The van der Waals surface area contributed by atoms with E-state index in [-0.39, 0.29) is 17.0 Å². The SMILES string of the molecule is Br.CCCn1c(-c2ccc3ccccc3c2)csc1=Nc1ccccc1. The Balaban J connectivity index is 0.00000196. The number of hydrogen-bond donors (Lipinski definition) is 0. The van der Waals surface area contributed by atoms with Gasteiger partial charge in [0.15, 0.2) is 4.80 Å². The number of para-hydroxylation sites is 1. The molecule has 2 nitrogen and oxygen atoms in total. The van der Waals surface area contributed by atoms with Crippen LogP contribution in [0.25, 0.3) is 22.0 Å². The van der Waals surface area contributed by atoms with Gasteiger partial charge in [0, 0.05) is 11.9 Å². The van der Waals surface area contributed by atoms with Crippen molar-refractivity contribution in [3.05, 3.63) is 83.0 Å². The third kappa shape index (κ3) is 3.81. The van der Waals surface area contributed by atoms with Crippen LogP contribution in [0.2, 0.25) is 0 Å². The number of rotatable bonds is 4. The fraction of sp³-hybridized carbons (Fsp3) is 0.136. The van der Waals surface area contributed by atoms with E-state index in [4.69, 9.17) is 4.99 Å². The fourth-order valence-electron chi connectivity index (χ4n) is 3.05. The van der Waals surface area contributed by atoms with E-state index < -0.39 is 0 Å². The Morgan fingerprint density at radius 2 is 1.62 bits per heavy atom. The average molecular weight is 425 g/mol. The summed E-state index contributed by atoms with van der Waals surface area (Å²) >= 11 is 1.71. The Morgan fingerprint density at radius 3 is 2.38 bits per heavy atom. The van der Waals surface area contributed by atoms with Crippen LogP contribution in [0.15, 0.2) is 83.2 Å². The van der Waals surface area contributed by atoms with Gasteiger partial charge in [0.05, 0.1) is 11.4 Å². The van der Waals surface area contributed by atoms with Crippen LogP contribution in [0.1, 0.15) is 13.3 Å². The average Bonchev–Trinajstić information content (AvgIpc) is 3.05. The molecule has 0 amide bonds. The van der Waals surface area contributed by atoms with Crippen molar-refractivity contribution in [1.29, 1.82) is 0 Å². The Labute approximate surface area is 168 Å². The van der Waals surface area contributed by atoms with Gasteiger partial charge in [-0.2, -0.15) is 0 Å². The molecule has 4 heteroatoms. The summed E-state index contributed by atoms with van der Waals surface area (Å²) in [6.07, 6.45) is 1.08. The van der Waals surface area contributed by atoms with Gasteiger partial charge in [-0.1, -0.05) is 61.5 Å². The Morgan fingerprint density at radius 1 is 0.885 bits per heavy atom. The number of fused-ring (bicyclic) bond motifs is 1. The summed E-state index contributed by atoms with van der Waals surface area (Å²) in [5, 5.41) is 4.77. The van der Waals surface area contributed by atoms with Crippen molar-refractivity contribution >= 4 is 44.8 Å². The molecule has 1 aromatic heterocycles. The van der Waals surface area contributed by atoms with Crippen molar-refractivity contribution in [3.63, 3.8) is 0 Å². The lowest BCUT2D eigenvalue weighted by Crippen LogP contribution is -2.15. The van der Waals surface area contributed by atoms with Crippen LogP contribution < -0.4 is 4.80 Å². The topological polar surface area (TPSA) is 17.3 Å². The predicted molar refractivity (Wildman–Crippen MR) is 118 cm³/mol. The smallest absolute Gasteiger partial charge is 0.190 e. The van der Waals surface area contributed by atoms with E-state index in [0.717, 1.165) is 23.5 Å². The highest BCUT2D eigenvalue weighted by Crippen LogP contribution is 2.25. The van der Waals surface area contributed by atoms with Crippen molar-refractivity contribution in [2.45, 2.75) is 19.9 Å². The first-order valence-electron chi connectivity index (χ1n) is 8.62. The van der Waals surface area contributed by atoms with Gasteiger partial charge in [-0.25, -0.2) is 4.99 Å². The van der Waals surface area contributed by atoms with Crippen LogP contribution in [0.5, 0.6) is 0 Å². The van der Waals surface area contributed by atoms with Crippen molar-refractivity contribution in [1.82, 2.24) is 4.57 Å². The number of thiazole rings is 1. The maximum atomic E-state index is 4.85. The number of aromatic nitrogens is 1. The first-order chi connectivity index (χ1) is 12.3. The first kappa shape index (κ1) is 18.6. The standard InChI is InChI=1S/C22H20N2S.BrH/c1-2-14-24-21(16-25-22(24)23-20-10-4-3-5-11-20)19-13-12-17-8-6-7-9-18(17)15-19;/h3-13,15-16H,2,14H2,1H3;1H. The molecule has 4 aromatic rings. The summed E-state index contributed by atoms with van der Waals surface area (Å²) in [6.45, 7) is 3.18. The molecule has 0 atom stereocenters. The van der Waals surface area contributed by atoms with Crippen LogP contribution in [0.3, 0.4) is 0 Å². The molecule has 0 unspecified atom stereocenters. The van der Waals surface area contributed by atoms with Gasteiger partial charge in [0.2, 0.25) is 0 Å². The normalized spacial score (nSPS) is 11.5. The molecule has 0 saturated carbocycles. The van der Waals surface area contributed by atoms with Crippen LogP contribution in [-0.2, 0) is 6.54 Å². The lowest BCUT2D eigenvalue weighted by atomic mass is 10.1. The van der Waals surface area contributed by atoms with E-state index >= 15 is 0 Å². The van der Waals surface area contributed by atoms with Gasteiger partial charge >= 0.3 is 0 Å². The maximum Gasteiger partial charge on any atom is 0.190 e. The molecule has 0 fully saturated rings. The molecule has 0 aliphatic carbocycles. The molecule has 4 rings (SSSR count). The van der Waals surface area contributed by atoms with Gasteiger partial charge in [-0.05, 0) is 41.0 Å². The Kier molecular flexibility index (Phi) is 6.07. The molecule has 0 N–H and O–H groups in total. The predicted octanol–water partition coefficient (Wildman–Crippen LogP) is 6.59. The second kappa shape index (κ2) is 8.47. The molecule has 0 bridgehead atoms. The molecule has 132 valence electrons. The molecule has 0 saturated heterocycles. The minimum Gasteiger partial charge on any atom is -0.316 e. The summed E-state index contributed by atoms with van der Waals surface area (Å²) in [7, 11) is 0. The second-order valence-electron chi connectivity index (χ2n) is 6.06. The van der Waals surface area contributed by atoms with E-state index in [0.29, 0.717) is 0 Å². The molecule has 0 aliphatic heterocycles.